The van der Waals surface area contributed by atoms with Crippen LogP contribution in [-0.4, -0.2) is 20.9 Å². The summed E-state index contributed by atoms with van der Waals surface area (Å²) in [7, 11) is 0. The minimum absolute atomic E-state index is 0.0303. The van der Waals surface area contributed by atoms with E-state index in [4.69, 9.17) is 0 Å². The largest absolute Gasteiger partial charge is 0.303 e. The zero-order chi connectivity index (χ0) is 10.8. The smallest absolute Gasteiger partial charge is 0.197 e. The van der Waals surface area contributed by atoms with Gasteiger partial charge in [-0.2, -0.15) is 0 Å². The van der Waals surface area contributed by atoms with Crippen molar-refractivity contribution in [2.24, 2.45) is 0 Å². The Hall–Kier alpha value is -1.85. The fourth-order valence-corrected chi connectivity index (χ4v) is 1.37. The lowest BCUT2D eigenvalue weighted by molar-refractivity contribution is -0.107. The van der Waals surface area contributed by atoms with Gasteiger partial charge in [0.15, 0.2) is 11.5 Å². The van der Waals surface area contributed by atoms with Crippen LogP contribution in [0.4, 0.5) is 8.78 Å². The number of hydrogen-bond donors (Lipinski definition) is 0. The van der Waals surface area contributed by atoms with E-state index < -0.39 is 11.6 Å². The molecule has 0 N–H and O–H groups in total. The van der Waals surface area contributed by atoms with E-state index in [2.05, 4.69) is 10.2 Å². The lowest BCUT2D eigenvalue weighted by Crippen LogP contribution is -2.01. The molecule has 0 radical (unpaired) electrons. The number of rotatable bonds is 3. The fourth-order valence-electron chi connectivity index (χ4n) is 1.37. The minimum atomic E-state index is -0.755. The van der Waals surface area contributed by atoms with E-state index >= 15 is 0 Å². The molecule has 6 heteroatoms. The molecule has 0 saturated carbocycles. The third kappa shape index (κ3) is 1.58. The van der Waals surface area contributed by atoms with Crippen molar-refractivity contribution in [3.8, 4) is 0 Å². The average molecular weight is 211 g/mol. The first-order chi connectivity index (χ1) is 7.24. The van der Waals surface area contributed by atoms with E-state index in [1.807, 2.05) is 0 Å². The summed E-state index contributed by atoms with van der Waals surface area (Å²) >= 11 is 0. The van der Waals surface area contributed by atoms with Crippen LogP contribution in [0.1, 0.15) is 12.0 Å². The van der Waals surface area contributed by atoms with Gasteiger partial charge in [-0.1, -0.05) is 0 Å². The Bertz CT molecular complexity index is 509. The number of fused-ring (bicyclic) bond motifs is 1. The Balaban J connectivity index is 2.56. The zero-order valence-corrected chi connectivity index (χ0v) is 7.65. The maximum Gasteiger partial charge on any atom is 0.197 e. The minimum Gasteiger partial charge on any atom is -0.303 e. The third-order valence-corrected chi connectivity index (χ3v) is 2.09. The fraction of sp³-hybridized carbons (Fsp3) is 0.222. The Kier molecular flexibility index (Phi) is 2.40. The van der Waals surface area contributed by atoms with Crippen molar-refractivity contribution in [2.45, 2.75) is 12.8 Å². The van der Waals surface area contributed by atoms with Crippen LogP contribution in [0.3, 0.4) is 0 Å². The summed E-state index contributed by atoms with van der Waals surface area (Å²) in [6.07, 6.45) is 3.04. The monoisotopic (exact) mass is 211 g/mol. The molecule has 2 aromatic rings. The van der Waals surface area contributed by atoms with Gasteiger partial charge in [-0.3, -0.25) is 4.40 Å². The summed E-state index contributed by atoms with van der Waals surface area (Å²) < 4.78 is 28.1. The highest BCUT2D eigenvalue weighted by molar-refractivity contribution is 5.51. The van der Waals surface area contributed by atoms with Gasteiger partial charge in [-0.15, -0.1) is 10.2 Å². The van der Waals surface area contributed by atoms with E-state index in [1.165, 1.54) is 6.33 Å². The molecule has 78 valence electrons. The Labute approximate surface area is 83.5 Å². The highest BCUT2D eigenvalue weighted by atomic mass is 19.1. The standard InChI is InChI=1S/C9H7F2N3O/c10-7-4-14-5-12-13-9(14)8(11)6(7)2-1-3-15/h3-5H,1-2H2. The van der Waals surface area contributed by atoms with Crippen LogP contribution >= 0.6 is 0 Å². The summed E-state index contributed by atoms with van der Waals surface area (Å²) in [5.74, 6) is -1.45. The molecule has 0 aromatic carbocycles. The summed E-state index contributed by atoms with van der Waals surface area (Å²) in [5, 5.41) is 6.97. The third-order valence-electron chi connectivity index (χ3n) is 2.09. The molecular formula is C9H7F2N3O. The molecule has 0 spiro atoms. The van der Waals surface area contributed by atoms with E-state index in [1.54, 1.807) is 0 Å². The van der Waals surface area contributed by atoms with Crippen LogP contribution in [0.15, 0.2) is 12.5 Å². The molecule has 2 aromatic heterocycles. The summed E-state index contributed by atoms with van der Waals surface area (Å²) in [4.78, 5) is 10.1. The van der Waals surface area contributed by atoms with Gasteiger partial charge in [0.05, 0.1) is 0 Å². The molecule has 0 aliphatic carbocycles. The number of hydrogen-bond acceptors (Lipinski definition) is 3. The molecule has 15 heavy (non-hydrogen) atoms. The van der Waals surface area contributed by atoms with E-state index in [9.17, 15) is 13.6 Å². The van der Waals surface area contributed by atoms with Gasteiger partial charge >= 0.3 is 0 Å². The second kappa shape index (κ2) is 3.72. The molecule has 0 bridgehead atoms. The summed E-state index contributed by atoms with van der Waals surface area (Å²) in [5.41, 5.74) is -0.153. The topological polar surface area (TPSA) is 47.3 Å². The van der Waals surface area contributed by atoms with Gasteiger partial charge in [-0.05, 0) is 6.42 Å². The molecule has 0 atom stereocenters. The van der Waals surface area contributed by atoms with Crippen LogP contribution in [-0.2, 0) is 11.2 Å². The normalized spacial score (nSPS) is 10.8. The van der Waals surface area contributed by atoms with Crippen molar-refractivity contribution < 1.29 is 13.6 Å². The van der Waals surface area contributed by atoms with E-state index in [-0.39, 0.29) is 24.1 Å². The molecule has 0 amide bonds. The van der Waals surface area contributed by atoms with Crippen molar-refractivity contribution in [3.63, 3.8) is 0 Å². The molecule has 0 saturated heterocycles. The lowest BCUT2D eigenvalue weighted by atomic mass is 10.1. The maximum absolute atomic E-state index is 13.6. The average Bonchev–Trinajstić information content (AvgIpc) is 2.65. The molecule has 0 aliphatic heterocycles. The van der Waals surface area contributed by atoms with Gasteiger partial charge in [0.2, 0.25) is 0 Å². The van der Waals surface area contributed by atoms with Crippen LogP contribution in [0.25, 0.3) is 5.65 Å². The highest BCUT2D eigenvalue weighted by Crippen LogP contribution is 2.17. The highest BCUT2D eigenvalue weighted by Gasteiger charge is 2.14. The van der Waals surface area contributed by atoms with Crippen LogP contribution in [0, 0.1) is 11.6 Å². The number of aromatic nitrogens is 3. The number of carbonyl (C=O) groups is 1. The molecule has 0 aliphatic rings. The SMILES string of the molecule is O=CCCc1c(F)cn2cnnc2c1F. The quantitative estimate of drug-likeness (QED) is 0.715. The van der Waals surface area contributed by atoms with E-state index in [0.29, 0.717) is 6.29 Å². The van der Waals surface area contributed by atoms with Gasteiger partial charge in [0, 0.05) is 18.2 Å². The first kappa shape index (κ1) is 9.70. The number of nitrogens with zero attached hydrogens (tertiary/aromatic N) is 3. The Morgan fingerprint density at radius 1 is 1.47 bits per heavy atom. The number of carbonyl (C=O) groups excluding carboxylic acids is 1. The second-order valence-corrected chi connectivity index (χ2v) is 3.04. The molecule has 0 unspecified atom stereocenters. The van der Waals surface area contributed by atoms with Crippen molar-refractivity contribution >= 4 is 11.9 Å². The predicted molar refractivity (Wildman–Crippen MR) is 47.3 cm³/mol. The predicted octanol–water partition coefficient (Wildman–Crippen LogP) is 1.14. The summed E-state index contributed by atoms with van der Waals surface area (Å²) in [6, 6.07) is 0. The van der Waals surface area contributed by atoms with Gasteiger partial charge in [-0.25, -0.2) is 8.78 Å². The van der Waals surface area contributed by atoms with Gasteiger partial charge in [0.25, 0.3) is 0 Å². The number of aldehydes is 1. The first-order valence-electron chi connectivity index (χ1n) is 4.34. The molecule has 2 rings (SSSR count). The maximum atomic E-state index is 13.6. The van der Waals surface area contributed by atoms with Crippen LogP contribution in [0.5, 0.6) is 0 Å². The van der Waals surface area contributed by atoms with Crippen molar-refractivity contribution in [2.75, 3.05) is 0 Å². The number of pyridine rings is 1. The van der Waals surface area contributed by atoms with E-state index in [0.717, 1.165) is 10.6 Å². The summed E-state index contributed by atoms with van der Waals surface area (Å²) in [6.45, 7) is 0. The number of halogens is 2. The van der Waals surface area contributed by atoms with Gasteiger partial charge in [0.1, 0.15) is 18.4 Å². The van der Waals surface area contributed by atoms with Crippen molar-refractivity contribution in [1.82, 2.24) is 14.6 Å². The van der Waals surface area contributed by atoms with Crippen molar-refractivity contribution in [1.29, 1.82) is 0 Å². The Morgan fingerprint density at radius 2 is 2.27 bits per heavy atom. The molecule has 4 nitrogen and oxygen atoms in total. The van der Waals surface area contributed by atoms with Crippen LogP contribution in [0.2, 0.25) is 0 Å². The van der Waals surface area contributed by atoms with Crippen LogP contribution < -0.4 is 0 Å². The lowest BCUT2D eigenvalue weighted by Gasteiger charge is -2.03. The second-order valence-electron chi connectivity index (χ2n) is 3.04. The Morgan fingerprint density at radius 3 is 3.00 bits per heavy atom. The molecule has 0 fully saturated rings. The van der Waals surface area contributed by atoms with Gasteiger partial charge < -0.3 is 4.79 Å². The first-order valence-corrected chi connectivity index (χ1v) is 4.34. The zero-order valence-electron chi connectivity index (χ0n) is 7.65. The molecule has 2 heterocycles. The molecular weight excluding hydrogens is 204 g/mol. The van der Waals surface area contributed by atoms with Crippen molar-refractivity contribution in [3.05, 3.63) is 29.7 Å².